The number of aryl methyl sites for hydroxylation is 2. The Labute approximate surface area is 169 Å². The minimum Gasteiger partial charge on any atom is -0.481 e. The number of thiazole rings is 1. The van der Waals surface area contributed by atoms with Crippen LogP contribution in [0, 0.1) is 13.8 Å². The highest BCUT2D eigenvalue weighted by Gasteiger charge is 2.19. The topological polar surface area (TPSA) is 63.2 Å². The lowest BCUT2D eigenvalue weighted by Gasteiger charge is -2.32. The van der Waals surface area contributed by atoms with Crippen molar-refractivity contribution in [2.75, 3.05) is 19.0 Å². The lowest BCUT2D eigenvalue weighted by molar-refractivity contribution is 0.275. The van der Waals surface area contributed by atoms with Crippen molar-refractivity contribution in [3.05, 3.63) is 52.6 Å². The van der Waals surface area contributed by atoms with Crippen LogP contribution in [0.15, 0.2) is 36.2 Å². The van der Waals surface area contributed by atoms with Gasteiger partial charge in [-0.3, -0.25) is 0 Å². The molecule has 1 aliphatic rings. The van der Waals surface area contributed by atoms with Gasteiger partial charge in [0.25, 0.3) is 0 Å². The van der Waals surface area contributed by atoms with Crippen molar-refractivity contribution < 1.29 is 4.74 Å². The van der Waals surface area contributed by atoms with Gasteiger partial charge in [0, 0.05) is 35.9 Å². The number of allylic oxidation sites excluding steroid dienone is 1. The van der Waals surface area contributed by atoms with E-state index in [2.05, 4.69) is 45.4 Å². The molecule has 0 spiro atoms. The predicted molar refractivity (Wildman–Crippen MR) is 114 cm³/mol. The third-order valence-electron chi connectivity index (χ3n) is 4.94. The van der Waals surface area contributed by atoms with E-state index in [1.807, 2.05) is 26.0 Å². The summed E-state index contributed by atoms with van der Waals surface area (Å²) in [5, 5.41) is 4.59. The molecule has 4 rings (SSSR count). The summed E-state index contributed by atoms with van der Waals surface area (Å²) in [5.41, 5.74) is 5.03. The molecule has 1 atom stereocenters. The first-order chi connectivity index (χ1) is 13.5. The van der Waals surface area contributed by atoms with Crippen LogP contribution in [0.5, 0.6) is 5.88 Å². The lowest BCUT2D eigenvalue weighted by atomic mass is 10.1. The standard InChI is InChI=1S/C21H25N5OS/c1-13-10-17(11-20(22-13)27-4)24-16-6-5-9-26(12-16)14(2)18-7-8-19-21(25-18)23-15(3)28-19/h7-8,10-12,14H,5-6,9H2,1-4H3,(H,22,24). The second kappa shape index (κ2) is 7.75. The van der Waals surface area contributed by atoms with Crippen LogP contribution in [0.25, 0.3) is 10.3 Å². The summed E-state index contributed by atoms with van der Waals surface area (Å²) in [7, 11) is 1.64. The predicted octanol–water partition coefficient (Wildman–Crippen LogP) is 4.82. The molecule has 1 aliphatic heterocycles. The van der Waals surface area contributed by atoms with Crippen LogP contribution in [-0.4, -0.2) is 33.5 Å². The number of ether oxygens (including phenoxy) is 1. The van der Waals surface area contributed by atoms with Crippen LogP contribution in [0.3, 0.4) is 0 Å². The fourth-order valence-corrected chi connectivity index (χ4v) is 4.29. The van der Waals surface area contributed by atoms with E-state index in [0.29, 0.717) is 5.88 Å². The first-order valence-corrected chi connectivity index (χ1v) is 10.3. The second-order valence-electron chi connectivity index (χ2n) is 7.13. The molecule has 7 heteroatoms. The zero-order valence-electron chi connectivity index (χ0n) is 16.7. The van der Waals surface area contributed by atoms with Crippen molar-refractivity contribution in [2.45, 2.75) is 39.7 Å². The summed E-state index contributed by atoms with van der Waals surface area (Å²) in [6.45, 7) is 7.21. The first kappa shape index (κ1) is 18.7. The van der Waals surface area contributed by atoms with Crippen molar-refractivity contribution in [3.8, 4) is 5.88 Å². The Morgan fingerprint density at radius 1 is 1.18 bits per heavy atom. The Kier molecular flexibility index (Phi) is 5.17. The fourth-order valence-electron chi connectivity index (χ4n) is 3.53. The van der Waals surface area contributed by atoms with Gasteiger partial charge in [0.1, 0.15) is 0 Å². The molecule has 28 heavy (non-hydrogen) atoms. The molecular weight excluding hydrogens is 370 g/mol. The van der Waals surface area contributed by atoms with Gasteiger partial charge >= 0.3 is 0 Å². The van der Waals surface area contributed by atoms with Gasteiger partial charge in [-0.1, -0.05) is 0 Å². The Morgan fingerprint density at radius 2 is 2.04 bits per heavy atom. The summed E-state index contributed by atoms with van der Waals surface area (Å²) in [6, 6.07) is 8.41. The molecule has 6 nitrogen and oxygen atoms in total. The van der Waals surface area contributed by atoms with E-state index in [1.165, 1.54) is 5.70 Å². The van der Waals surface area contributed by atoms with Crippen LogP contribution in [0.2, 0.25) is 0 Å². The average molecular weight is 396 g/mol. The highest BCUT2D eigenvalue weighted by Crippen LogP contribution is 2.28. The van der Waals surface area contributed by atoms with Crippen LogP contribution < -0.4 is 10.1 Å². The third kappa shape index (κ3) is 3.94. The molecule has 0 radical (unpaired) electrons. The second-order valence-corrected chi connectivity index (χ2v) is 8.36. The Morgan fingerprint density at radius 3 is 2.86 bits per heavy atom. The van der Waals surface area contributed by atoms with Gasteiger partial charge in [-0.15, -0.1) is 11.3 Å². The number of pyridine rings is 2. The number of hydrogen-bond donors (Lipinski definition) is 1. The smallest absolute Gasteiger partial charge is 0.215 e. The van der Waals surface area contributed by atoms with Crippen LogP contribution in [0.4, 0.5) is 5.69 Å². The zero-order valence-corrected chi connectivity index (χ0v) is 17.5. The Bertz CT molecular complexity index is 1030. The normalized spacial score (nSPS) is 15.4. The molecule has 0 saturated heterocycles. The summed E-state index contributed by atoms with van der Waals surface area (Å²) >= 11 is 1.69. The largest absolute Gasteiger partial charge is 0.481 e. The molecule has 0 saturated carbocycles. The summed E-state index contributed by atoms with van der Waals surface area (Å²) in [5.74, 6) is 0.625. The zero-order chi connectivity index (χ0) is 19.7. The Balaban J connectivity index is 1.55. The molecule has 4 heterocycles. The molecule has 0 aliphatic carbocycles. The van der Waals surface area contributed by atoms with Crippen LogP contribution in [0.1, 0.15) is 42.2 Å². The van der Waals surface area contributed by atoms with Crippen LogP contribution in [-0.2, 0) is 0 Å². The monoisotopic (exact) mass is 395 g/mol. The lowest BCUT2D eigenvalue weighted by Crippen LogP contribution is -2.28. The molecule has 3 aromatic heterocycles. The molecule has 0 amide bonds. The van der Waals surface area contributed by atoms with E-state index >= 15 is 0 Å². The first-order valence-electron chi connectivity index (χ1n) is 9.52. The minimum atomic E-state index is 0.192. The molecule has 0 bridgehead atoms. The van der Waals surface area contributed by atoms with Gasteiger partial charge in [0.15, 0.2) is 5.65 Å². The van der Waals surface area contributed by atoms with E-state index in [4.69, 9.17) is 9.72 Å². The third-order valence-corrected chi connectivity index (χ3v) is 5.86. The van der Waals surface area contributed by atoms with Gasteiger partial charge < -0.3 is 15.0 Å². The summed E-state index contributed by atoms with van der Waals surface area (Å²) in [6.07, 6.45) is 4.33. The number of anilines is 1. The number of methoxy groups -OCH3 is 1. The molecule has 0 aromatic carbocycles. The number of fused-ring (bicyclic) bond motifs is 1. The molecule has 0 fully saturated rings. The van der Waals surface area contributed by atoms with E-state index in [-0.39, 0.29) is 6.04 Å². The maximum absolute atomic E-state index is 5.28. The summed E-state index contributed by atoms with van der Waals surface area (Å²) in [4.78, 5) is 16.0. The van der Waals surface area contributed by atoms with Crippen LogP contribution >= 0.6 is 11.3 Å². The van der Waals surface area contributed by atoms with Gasteiger partial charge in [-0.25, -0.2) is 15.0 Å². The van der Waals surface area contributed by atoms with Crippen molar-refractivity contribution in [1.82, 2.24) is 19.9 Å². The van der Waals surface area contributed by atoms with E-state index in [1.54, 1.807) is 18.4 Å². The van der Waals surface area contributed by atoms with Crippen molar-refractivity contribution in [1.29, 1.82) is 0 Å². The highest BCUT2D eigenvalue weighted by atomic mass is 32.1. The van der Waals surface area contributed by atoms with Crippen molar-refractivity contribution >= 4 is 27.4 Å². The van der Waals surface area contributed by atoms with Crippen molar-refractivity contribution in [2.24, 2.45) is 0 Å². The highest BCUT2D eigenvalue weighted by molar-refractivity contribution is 7.18. The van der Waals surface area contributed by atoms with Crippen molar-refractivity contribution in [3.63, 3.8) is 0 Å². The maximum atomic E-state index is 5.28. The fraction of sp³-hybridized carbons (Fsp3) is 0.381. The van der Waals surface area contributed by atoms with E-state index in [9.17, 15) is 0 Å². The van der Waals surface area contributed by atoms with Gasteiger partial charge in [0.2, 0.25) is 5.88 Å². The minimum absolute atomic E-state index is 0.192. The molecule has 3 aromatic rings. The number of nitrogens with one attached hydrogen (secondary N) is 1. The van der Waals surface area contributed by atoms with Gasteiger partial charge in [0.05, 0.1) is 28.6 Å². The maximum Gasteiger partial charge on any atom is 0.215 e. The van der Waals surface area contributed by atoms with Gasteiger partial charge in [-0.2, -0.15) is 0 Å². The van der Waals surface area contributed by atoms with E-state index in [0.717, 1.165) is 51.8 Å². The number of aromatic nitrogens is 3. The molecular formula is C21H25N5OS. The average Bonchev–Trinajstić information content (AvgIpc) is 3.06. The van der Waals surface area contributed by atoms with Gasteiger partial charge in [-0.05, 0) is 51.8 Å². The SMILES string of the molecule is COc1cc(NC2=CN(C(C)c3ccc4sc(C)nc4n3)CCC2)cc(C)n1. The number of hydrogen-bond acceptors (Lipinski definition) is 7. The number of nitrogens with zero attached hydrogens (tertiary/aromatic N) is 4. The van der Waals surface area contributed by atoms with E-state index < -0.39 is 0 Å². The summed E-state index contributed by atoms with van der Waals surface area (Å²) < 4.78 is 6.43. The molecule has 1 N–H and O–H groups in total. The number of rotatable bonds is 5. The molecule has 1 unspecified atom stereocenters. The quantitative estimate of drug-likeness (QED) is 0.668. The Hall–Kier alpha value is -2.67. The molecule has 146 valence electrons.